The molecule has 0 spiro atoms. The summed E-state index contributed by atoms with van der Waals surface area (Å²) in [4.78, 5) is 6.89. The number of rotatable bonds is 1. The molecule has 2 heterocycles. The van der Waals surface area contributed by atoms with Gasteiger partial charge in [0.25, 0.3) is 0 Å². The van der Waals surface area contributed by atoms with E-state index in [0.29, 0.717) is 0 Å². The predicted octanol–water partition coefficient (Wildman–Crippen LogP) is 2.13. The van der Waals surface area contributed by atoms with Crippen molar-refractivity contribution in [1.29, 1.82) is 0 Å². The first-order chi connectivity index (χ1) is 7.77. The van der Waals surface area contributed by atoms with Crippen LogP contribution in [0.15, 0.2) is 12.1 Å². The van der Waals surface area contributed by atoms with Gasteiger partial charge in [-0.3, -0.25) is 4.98 Å². The number of aromatic nitrogens is 1. The lowest BCUT2D eigenvalue weighted by atomic mass is 10.2. The van der Waals surface area contributed by atoms with E-state index in [-0.39, 0.29) is 0 Å². The Morgan fingerprint density at radius 2 is 1.75 bits per heavy atom. The van der Waals surface area contributed by atoms with E-state index in [1.807, 2.05) is 20.8 Å². The minimum atomic E-state index is 1.08. The molecule has 0 aliphatic carbocycles. The SMILES string of the molecule is CC.Cc1ccc(N2CCNCC2)c(C)n1. The number of nitrogens with zero attached hydrogens (tertiary/aromatic N) is 2. The lowest BCUT2D eigenvalue weighted by Crippen LogP contribution is -2.43. The highest BCUT2D eigenvalue weighted by Crippen LogP contribution is 2.18. The molecule has 1 fully saturated rings. The standard InChI is InChI=1S/C11H17N3.C2H6/c1-9-3-4-11(10(2)13-9)14-7-5-12-6-8-14;1-2/h3-4,12H,5-8H2,1-2H3;1-2H3. The molecule has 16 heavy (non-hydrogen) atoms. The molecule has 1 saturated heterocycles. The van der Waals surface area contributed by atoms with Crippen LogP contribution in [0.5, 0.6) is 0 Å². The van der Waals surface area contributed by atoms with Crippen LogP contribution in [0.3, 0.4) is 0 Å². The van der Waals surface area contributed by atoms with Gasteiger partial charge in [0.05, 0.1) is 11.4 Å². The van der Waals surface area contributed by atoms with Crippen molar-refractivity contribution in [3.05, 3.63) is 23.5 Å². The number of pyridine rings is 1. The molecule has 0 amide bonds. The molecule has 0 radical (unpaired) electrons. The maximum atomic E-state index is 4.49. The average molecular weight is 221 g/mol. The fraction of sp³-hybridized carbons (Fsp3) is 0.615. The maximum absolute atomic E-state index is 4.49. The maximum Gasteiger partial charge on any atom is 0.0608 e. The van der Waals surface area contributed by atoms with Crippen LogP contribution in [0.1, 0.15) is 25.2 Å². The minimum absolute atomic E-state index is 1.08. The van der Waals surface area contributed by atoms with Gasteiger partial charge < -0.3 is 10.2 Å². The molecule has 0 unspecified atom stereocenters. The molecule has 1 aromatic heterocycles. The summed E-state index contributed by atoms with van der Waals surface area (Å²) >= 11 is 0. The van der Waals surface area contributed by atoms with E-state index in [1.165, 1.54) is 5.69 Å². The fourth-order valence-corrected chi connectivity index (χ4v) is 1.92. The molecular weight excluding hydrogens is 198 g/mol. The lowest BCUT2D eigenvalue weighted by molar-refractivity contribution is 0.587. The number of piperazine rings is 1. The van der Waals surface area contributed by atoms with Gasteiger partial charge in [0.15, 0.2) is 0 Å². The quantitative estimate of drug-likeness (QED) is 0.787. The third-order valence-electron chi connectivity index (χ3n) is 2.65. The second kappa shape index (κ2) is 6.48. The molecule has 1 aliphatic heterocycles. The van der Waals surface area contributed by atoms with Crippen LogP contribution in [-0.2, 0) is 0 Å². The highest BCUT2D eigenvalue weighted by atomic mass is 15.2. The highest BCUT2D eigenvalue weighted by molar-refractivity contribution is 5.51. The summed E-state index contributed by atoms with van der Waals surface area (Å²) in [7, 11) is 0. The molecule has 0 aromatic carbocycles. The van der Waals surface area contributed by atoms with Crippen LogP contribution in [0.25, 0.3) is 0 Å². The summed E-state index contributed by atoms with van der Waals surface area (Å²) < 4.78 is 0. The van der Waals surface area contributed by atoms with Crippen molar-refractivity contribution < 1.29 is 0 Å². The number of nitrogens with one attached hydrogen (secondary N) is 1. The van der Waals surface area contributed by atoms with Crippen LogP contribution >= 0.6 is 0 Å². The Bertz CT molecular complexity index is 317. The highest BCUT2D eigenvalue weighted by Gasteiger charge is 2.12. The van der Waals surface area contributed by atoms with Gasteiger partial charge >= 0.3 is 0 Å². The minimum Gasteiger partial charge on any atom is -0.368 e. The molecular formula is C13H23N3. The molecule has 0 bridgehead atoms. The first kappa shape index (κ1) is 13.0. The van der Waals surface area contributed by atoms with Crippen molar-refractivity contribution in [3.8, 4) is 0 Å². The summed E-state index contributed by atoms with van der Waals surface area (Å²) in [5, 5.41) is 3.35. The van der Waals surface area contributed by atoms with Crippen molar-refractivity contribution in [2.24, 2.45) is 0 Å². The summed E-state index contributed by atoms with van der Waals surface area (Å²) in [6, 6.07) is 4.27. The molecule has 0 saturated carbocycles. The Kier molecular flexibility index (Phi) is 5.26. The Morgan fingerprint density at radius 3 is 2.31 bits per heavy atom. The summed E-state index contributed by atoms with van der Waals surface area (Å²) in [5.41, 5.74) is 3.53. The van der Waals surface area contributed by atoms with Gasteiger partial charge in [0.1, 0.15) is 0 Å². The van der Waals surface area contributed by atoms with Crippen LogP contribution in [0.4, 0.5) is 5.69 Å². The third kappa shape index (κ3) is 3.20. The lowest BCUT2D eigenvalue weighted by Gasteiger charge is -2.30. The summed E-state index contributed by atoms with van der Waals surface area (Å²) in [5.74, 6) is 0. The van der Waals surface area contributed by atoms with Crippen molar-refractivity contribution in [2.75, 3.05) is 31.1 Å². The van der Waals surface area contributed by atoms with Gasteiger partial charge in [-0.2, -0.15) is 0 Å². The van der Waals surface area contributed by atoms with Crippen molar-refractivity contribution in [1.82, 2.24) is 10.3 Å². The van der Waals surface area contributed by atoms with Crippen LogP contribution in [0, 0.1) is 13.8 Å². The van der Waals surface area contributed by atoms with E-state index >= 15 is 0 Å². The van der Waals surface area contributed by atoms with Crippen molar-refractivity contribution in [2.45, 2.75) is 27.7 Å². The zero-order valence-corrected chi connectivity index (χ0v) is 10.9. The molecule has 0 atom stereocenters. The first-order valence-corrected chi connectivity index (χ1v) is 6.17. The monoisotopic (exact) mass is 221 g/mol. The van der Waals surface area contributed by atoms with E-state index in [9.17, 15) is 0 Å². The van der Waals surface area contributed by atoms with Gasteiger partial charge in [-0.25, -0.2) is 0 Å². The van der Waals surface area contributed by atoms with Gasteiger partial charge in [-0.15, -0.1) is 0 Å². The normalized spacial score (nSPS) is 15.4. The molecule has 1 N–H and O–H groups in total. The first-order valence-electron chi connectivity index (χ1n) is 6.17. The number of anilines is 1. The Labute approximate surface area is 98.9 Å². The average Bonchev–Trinajstić information content (AvgIpc) is 2.33. The molecule has 3 heteroatoms. The van der Waals surface area contributed by atoms with Crippen LogP contribution in [-0.4, -0.2) is 31.2 Å². The Balaban J connectivity index is 0.000000606. The number of aryl methyl sites for hydroxylation is 2. The van der Waals surface area contributed by atoms with E-state index in [4.69, 9.17) is 0 Å². The molecule has 3 nitrogen and oxygen atoms in total. The van der Waals surface area contributed by atoms with Gasteiger partial charge in [-0.1, -0.05) is 13.8 Å². The Morgan fingerprint density at radius 1 is 1.12 bits per heavy atom. The Hall–Kier alpha value is -1.09. The van der Waals surface area contributed by atoms with E-state index in [0.717, 1.165) is 37.6 Å². The molecule has 1 aromatic rings. The second-order valence-electron chi connectivity index (χ2n) is 3.79. The zero-order chi connectivity index (χ0) is 12.0. The van der Waals surface area contributed by atoms with Crippen LogP contribution in [0.2, 0.25) is 0 Å². The largest absolute Gasteiger partial charge is 0.368 e. The van der Waals surface area contributed by atoms with E-state index in [2.05, 4.69) is 34.3 Å². The van der Waals surface area contributed by atoms with Crippen molar-refractivity contribution in [3.63, 3.8) is 0 Å². The predicted molar refractivity (Wildman–Crippen MR) is 70.1 cm³/mol. The van der Waals surface area contributed by atoms with Crippen LogP contribution < -0.4 is 10.2 Å². The van der Waals surface area contributed by atoms with E-state index in [1.54, 1.807) is 0 Å². The zero-order valence-electron chi connectivity index (χ0n) is 10.9. The summed E-state index contributed by atoms with van der Waals surface area (Å²) in [6.45, 7) is 12.5. The molecule has 2 rings (SSSR count). The second-order valence-corrected chi connectivity index (χ2v) is 3.79. The molecule has 1 aliphatic rings. The number of hydrogen-bond acceptors (Lipinski definition) is 3. The van der Waals surface area contributed by atoms with E-state index < -0.39 is 0 Å². The summed E-state index contributed by atoms with van der Waals surface area (Å²) in [6.07, 6.45) is 0. The number of hydrogen-bond donors (Lipinski definition) is 1. The third-order valence-corrected chi connectivity index (χ3v) is 2.65. The smallest absolute Gasteiger partial charge is 0.0608 e. The van der Waals surface area contributed by atoms with Gasteiger partial charge in [-0.05, 0) is 26.0 Å². The molecule has 90 valence electrons. The fourth-order valence-electron chi connectivity index (χ4n) is 1.92. The topological polar surface area (TPSA) is 28.2 Å². The van der Waals surface area contributed by atoms with Crippen molar-refractivity contribution >= 4 is 5.69 Å². The van der Waals surface area contributed by atoms with Gasteiger partial charge in [0.2, 0.25) is 0 Å². The van der Waals surface area contributed by atoms with Gasteiger partial charge in [0, 0.05) is 31.9 Å².